The largest absolute Gasteiger partial charge is 0.497 e. The summed E-state index contributed by atoms with van der Waals surface area (Å²) >= 11 is 0. The van der Waals surface area contributed by atoms with Gasteiger partial charge in [-0.3, -0.25) is 0 Å². The molecule has 0 aliphatic carbocycles. The summed E-state index contributed by atoms with van der Waals surface area (Å²) in [5.74, 6) is 0.946. The van der Waals surface area contributed by atoms with E-state index in [2.05, 4.69) is 41.2 Å². The van der Waals surface area contributed by atoms with Crippen LogP contribution in [0.3, 0.4) is 0 Å². The standard InChI is InChI=1S/C19H27N3O/c1-13(2)22-10-7-19(8-11-22)18-15(6-9-20-19)16-12-14(23-3)4-5-17(16)21-18/h4-5,12-13,20-21H,6-11H2,1-3H3. The Bertz CT molecular complexity index is 711. The number of ether oxygens (including phenoxy) is 1. The molecule has 4 rings (SSSR count). The fourth-order valence-electron chi connectivity index (χ4n) is 4.39. The van der Waals surface area contributed by atoms with Crippen LogP contribution in [0.4, 0.5) is 0 Å². The van der Waals surface area contributed by atoms with Gasteiger partial charge in [0, 0.05) is 42.3 Å². The van der Waals surface area contributed by atoms with Gasteiger partial charge in [0.1, 0.15) is 5.75 Å². The number of aromatic amines is 1. The molecular formula is C19H27N3O. The molecule has 23 heavy (non-hydrogen) atoms. The number of piperidine rings is 1. The van der Waals surface area contributed by atoms with Crippen molar-refractivity contribution in [3.63, 3.8) is 0 Å². The molecule has 0 atom stereocenters. The second-order valence-corrected chi connectivity index (χ2v) is 7.28. The fraction of sp³-hybridized carbons (Fsp3) is 0.579. The molecule has 1 aromatic carbocycles. The molecule has 2 aliphatic rings. The number of nitrogens with one attached hydrogen (secondary N) is 2. The van der Waals surface area contributed by atoms with E-state index >= 15 is 0 Å². The minimum Gasteiger partial charge on any atom is -0.497 e. The van der Waals surface area contributed by atoms with Gasteiger partial charge in [-0.05, 0) is 56.9 Å². The lowest BCUT2D eigenvalue weighted by atomic mass is 9.79. The molecule has 0 unspecified atom stereocenters. The highest BCUT2D eigenvalue weighted by Gasteiger charge is 2.41. The van der Waals surface area contributed by atoms with Gasteiger partial charge in [-0.2, -0.15) is 0 Å². The minimum atomic E-state index is 0.130. The minimum absolute atomic E-state index is 0.130. The maximum absolute atomic E-state index is 5.42. The van der Waals surface area contributed by atoms with Gasteiger partial charge in [-0.1, -0.05) is 0 Å². The monoisotopic (exact) mass is 313 g/mol. The summed E-state index contributed by atoms with van der Waals surface area (Å²) in [5, 5.41) is 5.19. The highest BCUT2D eigenvalue weighted by Crippen LogP contribution is 2.41. The van der Waals surface area contributed by atoms with Crippen LogP contribution in [0.25, 0.3) is 10.9 Å². The molecule has 2 aliphatic heterocycles. The van der Waals surface area contributed by atoms with E-state index in [1.54, 1.807) is 7.11 Å². The van der Waals surface area contributed by atoms with Crippen molar-refractivity contribution in [3.8, 4) is 5.75 Å². The molecule has 0 saturated carbocycles. The second kappa shape index (κ2) is 5.53. The topological polar surface area (TPSA) is 40.3 Å². The predicted molar refractivity (Wildman–Crippen MR) is 94.2 cm³/mol. The Hall–Kier alpha value is -1.52. The summed E-state index contributed by atoms with van der Waals surface area (Å²) < 4.78 is 5.42. The Kier molecular flexibility index (Phi) is 3.62. The number of benzene rings is 1. The molecule has 1 aromatic heterocycles. The number of aromatic nitrogens is 1. The number of hydrogen-bond donors (Lipinski definition) is 2. The second-order valence-electron chi connectivity index (χ2n) is 7.28. The van der Waals surface area contributed by atoms with Crippen molar-refractivity contribution in [3.05, 3.63) is 29.5 Å². The number of H-pyrrole nitrogens is 1. The molecule has 1 saturated heterocycles. The molecule has 2 aromatic rings. The summed E-state index contributed by atoms with van der Waals surface area (Å²) in [7, 11) is 1.74. The molecule has 4 heteroatoms. The first-order valence-corrected chi connectivity index (χ1v) is 8.81. The van der Waals surface area contributed by atoms with E-state index < -0.39 is 0 Å². The normalized spacial score (nSPS) is 21.0. The van der Waals surface area contributed by atoms with Crippen LogP contribution in [0.15, 0.2) is 18.2 Å². The molecule has 0 bridgehead atoms. The number of fused-ring (bicyclic) bond motifs is 4. The first kappa shape index (κ1) is 15.0. The third-order valence-electron chi connectivity index (χ3n) is 5.81. The summed E-state index contributed by atoms with van der Waals surface area (Å²) in [6, 6.07) is 7.03. The van der Waals surface area contributed by atoms with Crippen LogP contribution in [0.5, 0.6) is 5.75 Å². The van der Waals surface area contributed by atoms with Crippen molar-refractivity contribution in [1.82, 2.24) is 15.2 Å². The first-order valence-electron chi connectivity index (χ1n) is 8.81. The maximum Gasteiger partial charge on any atom is 0.119 e. The summed E-state index contributed by atoms with van der Waals surface area (Å²) in [6.45, 7) is 8.00. The third kappa shape index (κ3) is 2.36. The van der Waals surface area contributed by atoms with E-state index in [4.69, 9.17) is 4.74 Å². The van der Waals surface area contributed by atoms with Gasteiger partial charge in [-0.25, -0.2) is 0 Å². The van der Waals surface area contributed by atoms with E-state index in [-0.39, 0.29) is 5.54 Å². The number of hydrogen-bond acceptors (Lipinski definition) is 3. The lowest BCUT2D eigenvalue weighted by molar-refractivity contribution is 0.103. The van der Waals surface area contributed by atoms with Gasteiger partial charge in [0.05, 0.1) is 12.6 Å². The van der Waals surface area contributed by atoms with Gasteiger partial charge < -0.3 is 19.9 Å². The molecule has 0 amide bonds. The fourth-order valence-corrected chi connectivity index (χ4v) is 4.39. The Balaban J connectivity index is 1.74. The lowest BCUT2D eigenvalue weighted by Gasteiger charge is -2.46. The SMILES string of the molecule is COc1ccc2[nH]c3c(c2c1)CCNC31CCN(C(C)C)CC1. The van der Waals surface area contributed by atoms with Gasteiger partial charge >= 0.3 is 0 Å². The zero-order valence-corrected chi connectivity index (χ0v) is 14.4. The molecule has 2 N–H and O–H groups in total. The van der Waals surface area contributed by atoms with Gasteiger partial charge in [0.2, 0.25) is 0 Å². The number of methoxy groups -OCH3 is 1. The summed E-state index contributed by atoms with van der Waals surface area (Å²) in [5.41, 5.74) is 4.29. The van der Waals surface area contributed by atoms with Crippen LogP contribution in [0.1, 0.15) is 37.9 Å². The van der Waals surface area contributed by atoms with E-state index in [9.17, 15) is 0 Å². The van der Waals surface area contributed by atoms with Crippen molar-refractivity contribution < 1.29 is 4.74 Å². The predicted octanol–water partition coefficient (Wildman–Crippen LogP) is 3.02. The van der Waals surface area contributed by atoms with E-state index in [1.807, 2.05) is 6.07 Å². The molecule has 3 heterocycles. The highest BCUT2D eigenvalue weighted by atomic mass is 16.5. The maximum atomic E-state index is 5.42. The Morgan fingerprint density at radius 2 is 2.00 bits per heavy atom. The lowest BCUT2D eigenvalue weighted by Crippen LogP contribution is -2.55. The summed E-state index contributed by atoms with van der Waals surface area (Å²) in [6.07, 6.45) is 3.46. The van der Waals surface area contributed by atoms with Crippen LogP contribution in [0, 0.1) is 0 Å². The van der Waals surface area contributed by atoms with E-state index in [1.165, 1.54) is 48.1 Å². The van der Waals surface area contributed by atoms with Crippen molar-refractivity contribution in [1.29, 1.82) is 0 Å². The highest BCUT2D eigenvalue weighted by molar-refractivity contribution is 5.86. The molecule has 1 fully saturated rings. The van der Waals surface area contributed by atoms with Crippen LogP contribution < -0.4 is 10.1 Å². The Labute approximate surface area is 138 Å². The van der Waals surface area contributed by atoms with Crippen molar-refractivity contribution in [2.45, 2.75) is 44.7 Å². The van der Waals surface area contributed by atoms with Crippen LogP contribution in [-0.2, 0) is 12.0 Å². The van der Waals surface area contributed by atoms with Crippen LogP contribution in [-0.4, -0.2) is 42.7 Å². The van der Waals surface area contributed by atoms with E-state index in [0.717, 1.165) is 18.7 Å². The number of nitrogens with zero attached hydrogens (tertiary/aromatic N) is 1. The zero-order chi connectivity index (χ0) is 16.0. The average Bonchev–Trinajstić information content (AvgIpc) is 2.95. The molecule has 4 nitrogen and oxygen atoms in total. The number of rotatable bonds is 2. The summed E-state index contributed by atoms with van der Waals surface area (Å²) in [4.78, 5) is 6.33. The van der Waals surface area contributed by atoms with Crippen molar-refractivity contribution >= 4 is 10.9 Å². The third-order valence-corrected chi connectivity index (χ3v) is 5.81. The molecular weight excluding hydrogens is 286 g/mol. The van der Waals surface area contributed by atoms with Crippen molar-refractivity contribution in [2.24, 2.45) is 0 Å². The van der Waals surface area contributed by atoms with Gasteiger partial charge in [0.15, 0.2) is 0 Å². The quantitative estimate of drug-likeness (QED) is 0.895. The number of likely N-dealkylation sites (tertiary alicyclic amines) is 1. The van der Waals surface area contributed by atoms with Crippen LogP contribution in [0.2, 0.25) is 0 Å². The van der Waals surface area contributed by atoms with E-state index in [0.29, 0.717) is 6.04 Å². The molecule has 124 valence electrons. The van der Waals surface area contributed by atoms with Gasteiger partial charge in [0.25, 0.3) is 0 Å². The van der Waals surface area contributed by atoms with Gasteiger partial charge in [-0.15, -0.1) is 0 Å². The smallest absolute Gasteiger partial charge is 0.119 e. The molecule has 1 spiro atoms. The average molecular weight is 313 g/mol. The Morgan fingerprint density at radius 3 is 2.70 bits per heavy atom. The van der Waals surface area contributed by atoms with Crippen LogP contribution >= 0.6 is 0 Å². The first-order chi connectivity index (χ1) is 11.1. The zero-order valence-electron chi connectivity index (χ0n) is 14.4. The van der Waals surface area contributed by atoms with Crippen molar-refractivity contribution in [2.75, 3.05) is 26.7 Å². The molecule has 0 radical (unpaired) electrons. The Morgan fingerprint density at radius 1 is 1.22 bits per heavy atom.